The van der Waals surface area contributed by atoms with Gasteiger partial charge in [0.25, 0.3) is 0 Å². The second-order valence-corrected chi connectivity index (χ2v) is 7.17. The fourth-order valence-electron chi connectivity index (χ4n) is 2.93. The molecule has 1 atom stereocenters. The number of unbranched alkanes of at least 4 members (excludes halogenated alkanes) is 5. The normalized spacial score (nSPS) is 11.8. The Morgan fingerprint density at radius 1 is 0.889 bits per heavy atom. The van der Waals surface area contributed by atoms with Crippen molar-refractivity contribution in [3.63, 3.8) is 0 Å². The van der Waals surface area contributed by atoms with Crippen molar-refractivity contribution in [3.05, 3.63) is 35.9 Å². The molecule has 0 fully saturated rings. The summed E-state index contributed by atoms with van der Waals surface area (Å²) < 4.78 is 10.6. The molecule has 152 valence electrons. The van der Waals surface area contributed by atoms with Crippen LogP contribution < -0.4 is 0 Å². The maximum absolute atomic E-state index is 11.8. The summed E-state index contributed by atoms with van der Waals surface area (Å²) in [5.41, 5.74) is 1.15. The Bertz CT molecular complexity index is 512. The van der Waals surface area contributed by atoms with Gasteiger partial charge in [-0.15, -0.1) is 0 Å². The van der Waals surface area contributed by atoms with Gasteiger partial charge in [0, 0.05) is 19.3 Å². The molecule has 1 aromatic carbocycles. The first kappa shape index (κ1) is 23.2. The molecule has 27 heavy (non-hydrogen) atoms. The topological polar surface area (TPSA) is 52.6 Å². The molecule has 1 unspecified atom stereocenters. The minimum atomic E-state index is -0.251. The van der Waals surface area contributed by atoms with Gasteiger partial charge >= 0.3 is 11.9 Å². The summed E-state index contributed by atoms with van der Waals surface area (Å²) in [7, 11) is 0. The minimum absolute atomic E-state index is 0.0403. The Hall–Kier alpha value is -1.84. The van der Waals surface area contributed by atoms with Crippen molar-refractivity contribution >= 4 is 11.9 Å². The lowest BCUT2D eigenvalue weighted by atomic mass is 10.1. The van der Waals surface area contributed by atoms with Gasteiger partial charge in [-0.1, -0.05) is 69.4 Å². The van der Waals surface area contributed by atoms with Crippen LogP contribution in [0.2, 0.25) is 0 Å². The van der Waals surface area contributed by atoms with E-state index >= 15 is 0 Å². The van der Waals surface area contributed by atoms with E-state index in [0.717, 1.165) is 18.4 Å². The Labute approximate surface area is 164 Å². The molecule has 0 spiro atoms. The van der Waals surface area contributed by atoms with E-state index in [0.29, 0.717) is 19.4 Å². The number of ether oxygens (including phenoxy) is 2. The highest BCUT2D eigenvalue weighted by Crippen LogP contribution is 2.11. The van der Waals surface area contributed by atoms with Gasteiger partial charge in [-0.25, -0.2) is 0 Å². The van der Waals surface area contributed by atoms with Crippen LogP contribution >= 0.6 is 0 Å². The molecule has 0 aliphatic rings. The number of benzene rings is 1. The molecule has 0 aromatic heterocycles. The average molecular weight is 377 g/mol. The summed E-state index contributed by atoms with van der Waals surface area (Å²) >= 11 is 0. The zero-order valence-electron chi connectivity index (χ0n) is 17.1. The van der Waals surface area contributed by atoms with Crippen LogP contribution in [0, 0.1) is 0 Å². The van der Waals surface area contributed by atoms with Crippen LogP contribution in [0.4, 0.5) is 0 Å². The third-order valence-electron chi connectivity index (χ3n) is 4.56. The van der Waals surface area contributed by atoms with Crippen molar-refractivity contribution in [3.8, 4) is 0 Å². The predicted molar refractivity (Wildman–Crippen MR) is 109 cm³/mol. The predicted octanol–water partition coefficient (Wildman–Crippen LogP) is 5.62. The first-order valence-electron chi connectivity index (χ1n) is 10.5. The van der Waals surface area contributed by atoms with Crippen molar-refractivity contribution < 1.29 is 19.1 Å². The zero-order chi connectivity index (χ0) is 19.7. The monoisotopic (exact) mass is 376 g/mol. The highest BCUT2D eigenvalue weighted by atomic mass is 16.5. The van der Waals surface area contributed by atoms with Gasteiger partial charge in [-0.2, -0.15) is 0 Å². The van der Waals surface area contributed by atoms with Gasteiger partial charge in [-0.05, 0) is 31.7 Å². The van der Waals surface area contributed by atoms with E-state index in [4.69, 9.17) is 9.47 Å². The van der Waals surface area contributed by atoms with Crippen molar-refractivity contribution in [2.24, 2.45) is 0 Å². The second kappa shape index (κ2) is 15.2. The molecule has 4 heteroatoms. The molecule has 0 N–H and O–H groups in total. The standard InChI is InChI=1S/C23H36O4/c1-3-4-5-6-7-9-13-20(2)27-23(25)17-12-16-22(24)26-19-18-21-14-10-8-11-15-21/h8,10-11,14-15,20H,3-7,9,12-13,16-19H2,1-2H3. The summed E-state index contributed by atoms with van der Waals surface area (Å²) in [5.74, 6) is -0.468. The molecule has 0 amide bonds. The number of esters is 2. The highest BCUT2D eigenvalue weighted by Gasteiger charge is 2.11. The third kappa shape index (κ3) is 13.0. The third-order valence-corrected chi connectivity index (χ3v) is 4.56. The maximum Gasteiger partial charge on any atom is 0.306 e. The molecule has 0 aliphatic heterocycles. The smallest absolute Gasteiger partial charge is 0.306 e. The molecule has 0 bridgehead atoms. The fourth-order valence-corrected chi connectivity index (χ4v) is 2.93. The van der Waals surface area contributed by atoms with Crippen LogP contribution in [-0.4, -0.2) is 24.6 Å². The van der Waals surface area contributed by atoms with E-state index in [1.807, 2.05) is 37.3 Å². The Balaban J connectivity index is 1.99. The van der Waals surface area contributed by atoms with Gasteiger partial charge in [0.1, 0.15) is 0 Å². The largest absolute Gasteiger partial charge is 0.465 e. The molecule has 0 saturated heterocycles. The van der Waals surface area contributed by atoms with Gasteiger partial charge in [0.05, 0.1) is 12.7 Å². The van der Waals surface area contributed by atoms with Crippen molar-refractivity contribution in [1.82, 2.24) is 0 Å². The van der Waals surface area contributed by atoms with Crippen LogP contribution in [0.1, 0.15) is 83.6 Å². The van der Waals surface area contributed by atoms with Gasteiger partial charge in [0.2, 0.25) is 0 Å². The number of carbonyl (C=O) groups is 2. The molecule has 4 nitrogen and oxygen atoms in total. The van der Waals surface area contributed by atoms with Crippen LogP contribution in [0.3, 0.4) is 0 Å². The lowest BCUT2D eigenvalue weighted by molar-refractivity contribution is -0.149. The van der Waals surface area contributed by atoms with E-state index in [2.05, 4.69) is 6.92 Å². The highest BCUT2D eigenvalue weighted by molar-refractivity contribution is 5.72. The SMILES string of the molecule is CCCCCCCCC(C)OC(=O)CCCC(=O)OCCc1ccccc1. The van der Waals surface area contributed by atoms with E-state index in [1.54, 1.807) is 0 Å². The summed E-state index contributed by atoms with van der Waals surface area (Å²) in [5, 5.41) is 0. The van der Waals surface area contributed by atoms with Gasteiger partial charge in [0.15, 0.2) is 0 Å². The molecule has 0 saturated carbocycles. The van der Waals surface area contributed by atoms with E-state index in [9.17, 15) is 9.59 Å². The summed E-state index contributed by atoms with van der Waals surface area (Å²) in [6.07, 6.45) is 10.0. The lowest BCUT2D eigenvalue weighted by Gasteiger charge is -2.13. The first-order chi connectivity index (χ1) is 13.1. The first-order valence-corrected chi connectivity index (χ1v) is 10.5. The Morgan fingerprint density at radius 2 is 1.56 bits per heavy atom. The zero-order valence-corrected chi connectivity index (χ0v) is 17.1. The Kier molecular flexibility index (Phi) is 13.1. The van der Waals surface area contributed by atoms with E-state index in [-0.39, 0.29) is 30.9 Å². The van der Waals surface area contributed by atoms with Crippen LogP contribution in [-0.2, 0) is 25.5 Å². The Morgan fingerprint density at radius 3 is 2.30 bits per heavy atom. The van der Waals surface area contributed by atoms with Crippen LogP contribution in [0.15, 0.2) is 30.3 Å². The van der Waals surface area contributed by atoms with E-state index < -0.39 is 0 Å². The van der Waals surface area contributed by atoms with Gasteiger partial charge in [-0.3, -0.25) is 9.59 Å². The molecular weight excluding hydrogens is 340 g/mol. The van der Waals surface area contributed by atoms with Crippen molar-refractivity contribution in [2.75, 3.05) is 6.61 Å². The summed E-state index contributed by atoms with van der Waals surface area (Å²) in [6, 6.07) is 9.92. The van der Waals surface area contributed by atoms with E-state index in [1.165, 1.54) is 32.1 Å². The molecule has 0 heterocycles. The molecule has 0 radical (unpaired) electrons. The number of carbonyl (C=O) groups excluding carboxylic acids is 2. The second-order valence-electron chi connectivity index (χ2n) is 7.17. The van der Waals surface area contributed by atoms with Crippen LogP contribution in [0.5, 0.6) is 0 Å². The number of hydrogen-bond donors (Lipinski definition) is 0. The van der Waals surface area contributed by atoms with Gasteiger partial charge < -0.3 is 9.47 Å². The summed E-state index contributed by atoms with van der Waals surface area (Å²) in [6.45, 7) is 4.54. The lowest BCUT2D eigenvalue weighted by Crippen LogP contribution is -2.15. The number of rotatable bonds is 15. The summed E-state index contributed by atoms with van der Waals surface area (Å²) in [4.78, 5) is 23.5. The minimum Gasteiger partial charge on any atom is -0.465 e. The average Bonchev–Trinajstić information content (AvgIpc) is 2.65. The maximum atomic E-state index is 11.8. The number of hydrogen-bond acceptors (Lipinski definition) is 4. The van der Waals surface area contributed by atoms with Crippen molar-refractivity contribution in [1.29, 1.82) is 0 Å². The quantitative estimate of drug-likeness (QED) is 0.294. The molecule has 0 aliphatic carbocycles. The molecule has 1 rings (SSSR count). The fraction of sp³-hybridized carbons (Fsp3) is 0.652. The van der Waals surface area contributed by atoms with Crippen LogP contribution in [0.25, 0.3) is 0 Å². The van der Waals surface area contributed by atoms with Crippen molar-refractivity contribution in [2.45, 2.75) is 90.6 Å². The molecular formula is C23H36O4. The molecule has 1 aromatic rings.